The molecule has 2 atom stereocenters. The molecule has 0 radical (unpaired) electrons. The molecule has 2 aromatic carbocycles. The smallest absolute Gasteiger partial charge is 0.322 e. The summed E-state index contributed by atoms with van der Waals surface area (Å²) in [4.78, 5) is 39.8. The lowest BCUT2D eigenvalue weighted by Gasteiger charge is -2.26. The van der Waals surface area contributed by atoms with Crippen molar-refractivity contribution >= 4 is 34.9 Å². The van der Waals surface area contributed by atoms with E-state index < -0.39 is 29.4 Å². The summed E-state index contributed by atoms with van der Waals surface area (Å²) in [5.41, 5.74) is -0.233. The number of nitrogens with zero attached hydrogens (tertiary/aromatic N) is 2. The van der Waals surface area contributed by atoms with Crippen LogP contribution < -0.4 is 16.2 Å². The Hall–Kier alpha value is -3.69. The summed E-state index contributed by atoms with van der Waals surface area (Å²) in [5, 5.41) is 5.89. The van der Waals surface area contributed by atoms with Gasteiger partial charge in [0.15, 0.2) is 0 Å². The number of carbonyl (C=O) groups is 2. The van der Waals surface area contributed by atoms with Gasteiger partial charge in [0.05, 0.1) is 23.5 Å². The molecule has 1 aromatic heterocycles. The first-order valence-electron chi connectivity index (χ1n) is 11.4. The van der Waals surface area contributed by atoms with Crippen LogP contribution in [0.3, 0.4) is 0 Å². The molecule has 1 fully saturated rings. The van der Waals surface area contributed by atoms with E-state index in [0.29, 0.717) is 22.8 Å². The molecule has 3 amide bonds. The van der Waals surface area contributed by atoms with Crippen molar-refractivity contribution < 1.29 is 18.7 Å². The molecule has 3 aromatic rings. The number of aromatic nitrogens is 1. The third kappa shape index (κ3) is 5.27. The largest absolute Gasteiger partial charge is 0.376 e. The summed E-state index contributed by atoms with van der Waals surface area (Å²) in [6.07, 6.45) is 2.35. The zero-order valence-corrected chi connectivity index (χ0v) is 20.6. The monoisotopic (exact) mass is 512 g/mol. The molecule has 0 unspecified atom stereocenters. The van der Waals surface area contributed by atoms with E-state index in [9.17, 15) is 18.8 Å². The van der Waals surface area contributed by atoms with E-state index >= 15 is 0 Å². The summed E-state index contributed by atoms with van der Waals surface area (Å²) in [6, 6.07) is 13.9. The van der Waals surface area contributed by atoms with E-state index in [1.54, 1.807) is 43.5 Å². The van der Waals surface area contributed by atoms with Gasteiger partial charge in [0.2, 0.25) is 5.91 Å². The zero-order valence-electron chi connectivity index (χ0n) is 19.8. The fraction of sp³-hybridized carbons (Fsp3) is 0.269. The van der Waals surface area contributed by atoms with Crippen LogP contribution in [-0.4, -0.2) is 46.7 Å². The highest BCUT2D eigenvalue weighted by Crippen LogP contribution is 2.34. The fourth-order valence-corrected chi connectivity index (χ4v) is 4.41. The third-order valence-corrected chi connectivity index (χ3v) is 6.70. The maximum atomic E-state index is 14.9. The fourth-order valence-electron chi connectivity index (χ4n) is 4.28. The Morgan fingerprint density at radius 1 is 1.14 bits per heavy atom. The number of pyridine rings is 1. The number of hydrogen-bond acceptors (Lipinski definition) is 4. The van der Waals surface area contributed by atoms with Crippen molar-refractivity contribution in [3.05, 3.63) is 88.1 Å². The molecule has 0 saturated carbocycles. The molecule has 10 heteroatoms. The van der Waals surface area contributed by atoms with Gasteiger partial charge in [-0.05, 0) is 48.9 Å². The van der Waals surface area contributed by atoms with Crippen LogP contribution in [0.4, 0.5) is 20.6 Å². The molecule has 2 heterocycles. The SMILES string of the molecule is CC[C@@]1(OC)C[C@H](C(=O)Nc2ccc(-n3ccccc3=O)cc2F)N(C(=O)Nc2ccc(Cl)cc2)C1. The number of likely N-dealkylation sites (tertiary alicyclic amines) is 1. The lowest BCUT2D eigenvalue weighted by molar-refractivity contribution is -0.119. The summed E-state index contributed by atoms with van der Waals surface area (Å²) in [6.45, 7) is 2.11. The van der Waals surface area contributed by atoms with Crippen molar-refractivity contribution in [2.75, 3.05) is 24.3 Å². The van der Waals surface area contributed by atoms with Crippen LogP contribution in [0.5, 0.6) is 0 Å². The number of ether oxygens (including phenoxy) is 1. The van der Waals surface area contributed by atoms with Crippen LogP contribution in [0, 0.1) is 5.82 Å². The predicted molar refractivity (Wildman–Crippen MR) is 136 cm³/mol. The van der Waals surface area contributed by atoms with Crippen LogP contribution in [0.1, 0.15) is 19.8 Å². The van der Waals surface area contributed by atoms with Gasteiger partial charge in [-0.15, -0.1) is 0 Å². The minimum atomic E-state index is -0.895. The maximum absolute atomic E-state index is 14.9. The van der Waals surface area contributed by atoms with Gasteiger partial charge < -0.3 is 20.3 Å². The molecule has 8 nitrogen and oxygen atoms in total. The number of carbonyl (C=O) groups excluding carboxylic acids is 2. The second kappa shape index (κ2) is 10.5. The first-order valence-corrected chi connectivity index (χ1v) is 11.8. The Kier molecular flexibility index (Phi) is 7.42. The first kappa shape index (κ1) is 25.4. The van der Waals surface area contributed by atoms with Crippen LogP contribution in [0.2, 0.25) is 5.02 Å². The Morgan fingerprint density at radius 2 is 1.89 bits per heavy atom. The van der Waals surface area contributed by atoms with Crippen molar-refractivity contribution in [2.45, 2.75) is 31.4 Å². The van der Waals surface area contributed by atoms with Crippen molar-refractivity contribution in [2.24, 2.45) is 0 Å². The topological polar surface area (TPSA) is 92.7 Å². The van der Waals surface area contributed by atoms with Crippen molar-refractivity contribution in [3.63, 3.8) is 0 Å². The Balaban J connectivity index is 1.55. The van der Waals surface area contributed by atoms with Crippen molar-refractivity contribution in [1.29, 1.82) is 0 Å². The Morgan fingerprint density at radius 3 is 2.53 bits per heavy atom. The van der Waals surface area contributed by atoms with Gasteiger partial charge in [-0.1, -0.05) is 24.6 Å². The second-order valence-corrected chi connectivity index (χ2v) is 9.02. The molecule has 36 heavy (non-hydrogen) atoms. The number of hydrogen-bond donors (Lipinski definition) is 2. The Labute approximate surface area is 212 Å². The van der Waals surface area contributed by atoms with E-state index in [4.69, 9.17) is 16.3 Å². The summed E-state index contributed by atoms with van der Waals surface area (Å²) in [7, 11) is 1.54. The summed E-state index contributed by atoms with van der Waals surface area (Å²) < 4.78 is 21.9. The number of urea groups is 1. The third-order valence-electron chi connectivity index (χ3n) is 6.45. The highest BCUT2D eigenvalue weighted by Gasteiger charge is 2.48. The van der Waals surface area contributed by atoms with Gasteiger partial charge in [0.25, 0.3) is 5.56 Å². The van der Waals surface area contributed by atoms with Crippen molar-refractivity contribution in [1.82, 2.24) is 9.47 Å². The summed E-state index contributed by atoms with van der Waals surface area (Å²) in [5.74, 6) is -1.25. The van der Waals surface area contributed by atoms with Crippen LogP contribution in [-0.2, 0) is 9.53 Å². The highest BCUT2D eigenvalue weighted by molar-refractivity contribution is 6.30. The molecule has 0 spiro atoms. The van der Waals surface area contributed by atoms with E-state index in [-0.39, 0.29) is 24.2 Å². The van der Waals surface area contributed by atoms with Crippen LogP contribution in [0.15, 0.2) is 71.7 Å². The average Bonchev–Trinajstić information content (AvgIpc) is 3.28. The number of rotatable bonds is 6. The zero-order chi connectivity index (χ0) is 25.9. The number of benzene rings is 2. The van der Waals surface area contributed by atoms with Gasteiger partial charge in [0, 0.05) is 42.6 Å². The van der Waals surface area contributed by atoms with Gasteiger partial charge >= 0.3 is 6.03 Å². The minimum absolute atomic E-state index is 0.0581. The van der Waals surface area contributed by atoms with E-state index in [1.807, 2.05) is 6.92 Å². The molecule has 4 rings (SSSR count). The van der Waals surface area contributed by atoms with Crippen molar-refractivity contribution in [3.8, 4) is 5.69 Å². The van der Waals surface area contributed by atoms with E-state index in [1.165, 1.54) is 39.9 Å². The molecule has 0 aliphatic carbocycles. The second-order valence-electron chi connectivity index (χ2n) is 8.59. The first-order chi connectivity index (χ1) is 17.2. The lowest BCUT2D eigenvalue weighted by atomic mass is 9.96. The predicted octanol–water partition coefficient (Wildman–Crippen LogP) is 4.67. The number of amides is 3. The number of methoxy groups -OCH3 is 1. The molecule has 1 saturated heterocycles. The number of nitrogens with one attached hydrogen (secondary N) is 2. The number of anilines is 2. The molecule has 2 N–H and O–H groups in total. The number of halogens is 2. The quantitative estimate of drug-likeness (QED) is 0.502. The molecule has 1 aliphatic heterocycles. The van der Waals surface area contributed by atoms with Gasteiger partial charge in [0.1, 0.15) is 11.9 Å². The lowest BCUT2D eigenvalue weighted by Crippen LogP contribution is -2.45. The molecular weight excluding hydrogens is 487 g/mol. The molecule has 0 bridgehead atoms. The van der Waals surface area contributed by atoms with Gasteiger partial charge in [-0.3, -0.25) is 14.2 Å². The van der Waals surface area contributed by atoms with Crippen LogP contribution in [0.25, 0.3) is 5.69 Å². The standard InChI is InChI=1S/C26H26ClFN4O4/c1-3-26(36-2)15-22(32(16-26)25(35)29-18-9-7-17(27)8-10-18)24(34)30-21-12-11-19(14-20(21)28)31-13-5-4-6-23(31)33/h4-14,22H,3,15-16H2,1-2H3,(H,29,35)(H,30,34)/t22-,26-/m1/s1. The van der Waals surface area contributed by atoms with Gasteiger partial charge in [-0.2, -0.15) is 0 Å². The van der Waals surface area contributed by atoms with E-state index in [2.05, 4.69) is 10.6 Å². The molecular formula is C26H26ClFN4O4. The summed E-state index contributed by atoms with van der Waals surface area (Å²) >= 11 is 5.92. The average molecular weight is 513 g/mol. The maximum Gasteiger partial charge on any atom is 0.322 e. The molecule has 1 aliphatic rings. The highest BCUT2D eigenvalue weighted by atomic mass is 35.5. The van der Waals surface area contributed by atoms with Gasteiger partial charge in [-0.25, -0.2) is 9.18 Å². The Bertz CT molecular complexity index is 1320. The van der Waals surface area contributed by atoms with Crippen LogP contribution >= 0.6 is 11.6 Å². The van der Waals surface area contributed by atoms with E-state index in [0.717, 1.165) is 0 Å². The minimum Gasteiger partial charge on any atom is -0.376 e. The normalized spacial score (nSPS) is 19.2. The molecule has 188 valence electrons.